The topological polar surface area (TPSA) is 109 Å². The lowest BCUT2D eigenvalue weighted by Gasteiger charge is -2.12. The second-order valence-electron chi connectivity index (χ2n) is 8.91. The first-order valence-corrected chi connectivity index (χ1v) is 12.1. The lowest BCUT2D eigenvalue weighted by atomic mass is 10.0. The molecule has 0 bridgehead atoms. The standard InChI is InChI=1S/C28H27N5O3/c34-26-16-22(31-27(35)21-12-14-29-15-13-21)10-11-23(26)24-17-25(20-8-4-5-9-20)33(32-24)28(36)30-18-19-6-2-1-3-7-19/h1-3,6-7,10-17,20,34H,4-5,8-9,18H2,(H,30,36)(H,31,35). The van der Waals surface area contributed by atoms with Gasteiger partial charge in [-0.3, -0.25) is 9.78 Å². The van der Waals surface area contributed by atoms with E-state index in [2.05, 4.69) is 20.7 Å². The molecular formula is C28H27N5O3. The average molecular weight is 482 g/mol. The Bertz CT molecular complexity index is 1360. The van der Waals surface area contributed by atoms with Crippen molar-refractivity contribution < 1.29 is 14.7 Å². The molecule has 0 saturated heterocycles. The van der Waals surface area contributed by atoms with Crippen molar-refractivity contribution in [2.75, 3.05) is 5.32 Å². The molecule has 1 saturated carbocycles. The van der Waals surface area contributed by atoms with Crippen molar-refractivity contribution >= 4 is 17.6 Å². The molecule has 0 atom stereocenters. The van der Waals surface area contributed by atoms with Crippen LogP contribution in [0.25, 0.3) is 11.3 Å². The maximum Gasteiger partial charge on any atom is 0.342 e. The third-order valence-corrected chi connectivity index (χ3v) is 6.46. The number of phenols is 1. The van der Waals surface area contributed by atoms with E-state index in [1.807, 2.05) is 36.4 Å². The zero-order valence-corrected chi connectivity index (χ0v) is 19.7. The molecule has 0 radical (unpaired) electrons. The number of rotatable bonds is 6. The number of carbonyl (C=O) groups is 2. The highest BCUT2D eigenvalue weighted by atomic mass is 16.3. The number of carbonyl (C=O) groups excluding carboxylic acids is 2. The molecular weight excluding hydrogens is 454 g/mol. The van der Waals surface area contributed by atoms with Crippen molar-refractivity contribution in [2.45, 2.75) is 38.1 Å². The van der Waals surface area contributed by atoms with Crippen LogP contribution in [0.2, 0.25) is 0 Å². The van der Waals surface area contributed by atoms with Gasteiger partial charge in [-0.15, -0.1) is 0 Å². The number of nitrogens with one attached hydrogen (secondary N) is 2. The first-order chi connectivity index (χ1) is 17.6. The smallest absolute Gasteiger partial charge is 0.342 e. The Labute approximate surface area is 209 Å². The van der Waals surface area contributed by atoms with Crippen LogP contribution in [-0.2, 0) is 6.54 Å². The molecule has 2 aromatic heterocycles. The van der Waals surface area contributed by atoms with Gasteiger partial charge in [0.25, 0.3) is 5.91 Å². The number of phenolic OH excluding ortho intramolecular Hbond substituents is 1. The fraction of sp³-hybridized carbons (Fsp3) is 0.214. The average Bonchev–Trinajstić information content (AvgIpc) is 3.59. The Morgan fingerprint density at radius 3 is 2.44 bits per heavy atom. The summed E-state index contributed by atoms with van der Waals surface area (Å²) >= 11 is 0. The molecule has 8 heteroatoms. The van der Waals surface area contributed by atoms with E-state index >= 15 is 0 Å². The van der Waals surface area contributed by atoms with Gasteiger partial charge in [-0.05, 0) is 48.7 Å². The van der Waals surface area contributed by atoms with Crippen LogP contribution in [0.15, 0.2) is 79.1 Å². The van der Waals surface area contributed by atoms with Crippen molar-refractivity contribution in [1.29, 1.82) is 0 Å². The normalized spacial score (nSPS) is 13.4. The Morgan fingerprint density at radius 1 is 0.972 bits per heavy atom. The number of nitrogens with zero attached hydrogens (tertiary/aromatic N) is 3. The molecule has 2 heterocycles. The molecule has 5 rings (SSSR count). The predicted molar refractivity (Wildman–Crippen MR) is 137 cm³/mol. The molecule has 2 amide bonds. The number of benzene rings is 2. The quantitative estimate of drug-likeness (QED) is 0.345. The summed E-state index contributed by atoms with van der Waals surface area (Å²) in [5.74, 6) is -0.0860. The zero-order valence-electron chi connectivity index (χ0n) is 19.7. The molecule has 0 spiro atoms. The van der Waals surface area contributed by atoms with Gasteiger partial charge >= 0.3 is 6.03 Å². The molecule has 0 unspecified atom stereocenters. The van der Waals surface area contributed by atoms with Gasteiger partial charge in [-0.25, -0.2) is 4.79 Å². The molecule has 3 N–H and O–H groups in total. The van der Waals surface area contributed by atoms with Crippen LogP contribution in [0.3, 0.4) is 0 Å². The SMILES string of the molecule is O=C(Nc1ccc(-c2cc(C3CCCC3)n(C(=O)NCc3ccccc3)n2)c(O)c1)c1ccncc1. The van der Waals surface area contributed by atoms with Crippen LogP contribution in [0.5, 0.6) is 5.75 Å². The van der Waals surface area contributed by atoms with E-state index in [1.165, 1.54) is 10.7 Å². The van der Waals surface area contributed by atoms with Crippen LogP contribution in [-0.4, -0.2) is 31.8 Å². The Balaban J connectivity index is 1.38. The lowest BCUT2D eigenvalue weighted by Crippen LogP contribution is -2.30. The number of amides is 2. The number of aromatic hydroxyl groups is 1. The van der Waals surface area contributed by atoms with E-state index in [1.54, 1.807) is 36.7 Å². The van der Waals surface area contributed by atoms with Crippen LogP contribution in [0.4, 0.5) is 10.5 Å². The minimum atomic E-state index is -0.299. The first-order valence-electron chi connectivity index (χ1n) is 12.1. The van der Waals surface area contributed by atoms with Gasteiger partial charge in [0.2, 0.25) is 0 Å². The van der Waals surface area contributed by atoms with E-state index < -0.39 is 0 Å². The molecule has 2 aromatic carbocycles. The number of pyridine rings is 1. The molecule has 1 fully saturated rings. The van der Waals surface area contributed by atoms with Crippen LogP contribution < -0.4 is 10.6 Å². The van der Waals surface area contributed by atoms with Gasteiger partial charge in [-0.1, -0.05) is 43.2 Å². The van der Waals surface area contributed by atoms with E-state index in [0.29, 0.717) is 29.1 Å². The molecule has 36 heavy (non-hydrogen) atoms. The predicted octanol–water partition coefficient (Wildman–Crippen LogP) is 5.32. The summed E-state index contributed by atoms with van der Waals surface area (Å²) in [4.78, 5) is 29.5. The van der Waals surface area contributed by atoms with Crippen molar-refractivity contribution in [3.05, 3.63) is 95.9 Å². The summed E-state index contributed by atoms with van der Waals surface area (Å²) < 4.78 is 1.44. The van der Waals surface area contributed by atoms with Crippen LogP contribution >= 0.6 is 0 Å². The Morgan fingerprint density at radius 2 is 1.72 bits per heavy atom. The molecule has 182 valence electrons. The summed E-state index contributed by atoms with van der Waals surface area (Å²) in [6, 6.07) is 19.4. The molecule has 8 nitrogen and oxygen atoms in total. The maximum atomic E-state index is 13.1. The molecule has 4 aromatic rings. The molecule has 0 aliphatic heterocycles. The van der Waals surface area contributed by atoms with Crippen molar-refractivity contribution in [1.82, 2.24) is 20.1 Å². The van der Waals surface area contributed by atoms with Crippen molar-refractivity contribution in [2.24, 2.45) is 0 Å². The largest absolute Gasteiger partial charge is 0.507 e. The monoisotopic (exact) mass is 481 g/mol. The lowest BCUT2D eigenvalue weighted by molar-refractivity contribution is 0.102. The summed E-state index contributed by atoms with van der Waals surface area (Å²) in [5, 5.41) is 21.1. The summed E-state index contributed by atoms with van der Waals surface area (Å²) in [7, 11) is 0. The highest BCUT2D eigenvalue weighted by Gasteiger charge is 2.26. The second kappa shape index (κ2) is 10.4. The zero-order chi connectivity index (χ0) is 24.9. The molecule has 1 aliphatic rings. The van der Waals surface area contributed by atoms with E-state index in [-0.39, 0.29) is 23.6 Å². The van der Waals surface area contributed by atoms with Crippen LogP contribution in [0, 0.1) is 0 Å². The van der Waals surface area contributed by atoms with Gasteiger partial charge in [-0.2, -0.15) is 9.78 Å². The number of aromatic nitrogens is 3. The van der Waals surface area contributed by atoms with E-state index in [4.69, 9.17) is 0 Å². The highest BCUT2D eigenvalue weighted by molar-refractivity contribution is 6.04. The minimum Gasteiger partial charge on any atom is -0.507 e. The number of hydrogen-bond acceptors (Lipinski definition) is 5. The molecule has 1 aliphatic carbocycles. The summed E-state index contributed by atoms with van der Waals surface area (Å²) in [6.45, 7) is 0.399. The highest BCUT2D eigenvalue weighted by Crippen LogP contribution is 2.38. The Kier molecular flexibility index (Phi) is 6.75. The number of hydrogen-bond donors (Lipinski definition) is 3. The second-order valence-corrected chi connectivity index (χ2v) is 8.91. The fourth-order valence-corrected chi connectivity index (χ4v) is 4.58. The Hall–Kier alpha value is -4.46. The van der Waals surface area contributed by atoms with Crippen LogP contribution in [0.1, 0.15) is 53.2 Å². The van der Waals surface area contributed by atoms with Gasteiger partial charge in [0.15, 0.2) is 0 Å². The van der Waals surface area contributed by atoms with Gasteiger partial charge in [0.05, 0.1) is 11.4 Å². The van der Waals surface area contributed by atoms with Gasteiger partial charge in [0, 0.05) is 47.7 Å². The third kappa shape index (κ3) is 5.12. The van der Waals surface area contributed by atoms with Gasteiger partial charge < -0.3 is 15.7 Å². The van der Waals surface area contributed by atoms with E-state index in [0.717, 1.165) is 36.9 Å². The fourth-order valence-electron chi connectivity index (χ4n) is 4.58. The van der Waals surface area contributed by atoms with Crippen molar-refractivity contribution in [3.8, 4) is 17.0 Å². The van der Waals surface area contributed by atoms with Gasteiger partial charge in [0.1, 0.15) is 5.75 Å². The third-order valence-electron chi connectivity index (χ3n) is 6.46. The first kappa shape index (κ1) is 23.3. The maximum absolute atomic E-state index is 13.1. The summed E-state index contributed by atoms with van der Waals surface area (Å²) in [5.41, 5.74) is 3.77. The van der Waals surface area contributed by atoms with Crippen molar-refractivity contribution in [3.63, 3.8) is 0 Å². The minimum absolute atomic E-state index is 0.0326. The summed E-state index contributed by atoms with van der Waals surface area (Å²) in [6.07, 6.45) is 7.33. The van der Waals surface area contributed by atoms with E-state index in [9.17, 15) is 14.7 Å². The number of anilines is 1.